The summed E-state index contributed by atoms with van der Waals surface area (Å²) in [5, 5.41) is 0. The highest BCUT2D eigenvalue weighted by Crippen LogP contribution is 2.44. The van der Waals surface area contributed by atoms with Gasteiger partial charge in [-0.2, -0.15) is 0 Å². The first-order valence-electron chi connectivity index (χ1n) is 20.1. The summed E-state index contributed by atoms with van der Waals surface area (Å²) < 4.78 is 2.49. The van der Waals surface area contributed by atoms with Gasteiger partial charge < -0.3 is 9.55 Å². The van der Waals surface area contributed by atoms with Gasteiger partial charge in [0.05, 0.1) is 22.8 Å². The van der Waals surface area contributed by atoms with E-state index in [-0.39, 0.29) is 0 Å². The number of aromatic nitrogens is 4. The standard InChI is InChI=1S/C46H62N4/c1-27(2)31-11-10-12-33(16-13-31)46-40-24-23-39(49-40)45(34-17-14-32(15-18-34)28(3)4)38-22-20-36(48-38)43(29(5)6)35-19-21-37(47-35)44(30(7)8)41-25-26-42(46)50(41)9/h19-34,47H,10-18H2,1-9H3. The van der Waals surface area contributed by atoms with E-state index in [0.29, 0.717) is 23.7 Å². The second kappa shape index (κ2) is 14.3. The van der Waals surface area contributed by atoms with Crippen molar-refractivity contribution in [1.29, 1.82) is 0 Å². The molecule has 5 heterocycles. The molecule has 4 aliphatic rings. The maximum atomic E-state index is 5.67. The fraction of sp³-hybridized carbons (Fsp3) is 0.565. The molecule has 2 fully saturated rings. The molecular formula is C46H62N4. The van der Waals surface area contributed by atoms with E-state index < -0.39 is 0 Å². The van der Waals surface area contributed by atoms with Gasteiger partial charge in [-0.3, -0.25) is 0 Å². The van der Waals surface area contributed by atoms with E-state index in [9.17, 15) is 0 Å². The second-order valence-electron chi connectivity index (χ2n) is 17.4. The third kappa shape index (κ3) is 6.57. The van der Waals surface area contributed by atoms with Crippen molar-refractivity contribution in [1.82, 2.24) is 19.5 Å². The van der Waals surface area contributed by atoms with E-state index in [1.165, 1.54) is 108 Å². The van der Waals surface area contributed by atoms with Crippen molar-refractivity contribution in [3.8, 4) is 0 Å². The minimum absolute atomic E-state index is 0.327. The van der Waals surface area contributed by atoms with Gasteiger partial charge in [0, 0.05) is 51.4 Å². The molecule has 2 aliphatic carbocycles. The number of aromatic amines is 1. The van der Waals surface area contributed by atoms with Crippen LogP contribution in [0.2, 0.25) is 0 Å². The van der Waals surface area contributed by atoms with Crippen LogP contribution in [-0.4, -0.2) is 19.5 Å². The summed E-state index contributed by atoms with van der Waals surface area (Å²) in [5.41, 5.74) is 15.0. The molecule has 2 aliphatic heterocycles. The Morgan fingerprint density at radius 1 is 0.540 bits per heavy atom. The third-order valence-corrected chi connectivity index (χ3v) is 13.0. The van der Waals surface area contributed by atoms with Crippen LogP contribution in [0.4, 0.5) is 0 Å². The van der Waals surface area contributed by atoms with Crippen LogP contribution in [-0.2, 0) is 7.05 Å². The summed E-state index contributed by atoms with van der Waals surface area (Å²) in [6.07, 6.45) is 20.7. The van der Waals surface area contributed by atoms with Crippen molar-refractivity contribution in [2.45, 2.75) is 137 Å². The van der Waals surface area contributed by atoms with Crippen molar-refractivity contribution in [3.05, 3.63) is 69.3 Å². The predicted octanol–water partition coefficient (Wildman–Crippen LogP) is 13.2. The highest BCUT2D eigenvalue weighted by atomic mass is 14.9. The zero-order valence-corrected chi connectivity index (χ0v) is 32.4. The molecule has 0 radical (unpaired) electrons. The highest BCUT2D eigenvalue weighted by Gasteiger charge is 2.30. The Bertz CT molecular complexity index is 1940. The molecule has 0 amide bonds. The molecular weight excluding hydrogens is 609 g/mol. The Morgan fingerprint density at radius 3 is 1.60 bits per heavy atom. The quantitative estimate of drug-likeness (QED) is 0.183. The average molecular weight is 671 g/mol. The fourth-order valence-corrected chi connectivity index (χ4v) is 10.0. The number of hydrogen-bond donors (Lipinski definition) is 1. The Kier molecular flexibility index (Phi) is 10.0. The molecule has 2 unspecified atom stereocenters. The molecule has 2 atom stereocenters. The Balaban J connectivity index is 1.55. The number of aryl methyl sites for hydroxylation is 1. The van der Waals surface area contributed by atoms with Crippen LogP contribution in [0.1, 0.15) is 182 Å². The van der Waals surface area contributed by atoms with Crippen LogP contribution in [0.15, 0.2) is 24.3 Å². The zero-order chi connectivity index (χ0) is 35.3. The monoisotopic (exact) mass is 670 g/mol. The van der Waals surface area contributed by atoms with E-state index >= 15 is 0 Å². The number of H-pyrrole nitrogens is 1. The van der Waals surface area contributed by atoms with Crippen molar-refractivity contribution in [3.63, 3.8) is 0 Å². The number of nitrogens with one attached hydrogen (secondary N) is 1. The van der Waals surface area contributed by atoms with Crippen molar-refractivity contribution in [2.24, 2.45) is 30.7 Å². The van der Waals surface area contributed by atoms with Crippen LogP contribution in [0, 0.1) is 23.7 Å². The summed E-state index contributed by atoms with van der Waals surface area (Å²) in [5.74, 6) is 4.78. The van der Waals surface area contributed by atoms with E-state index in [1.807, 2.05) is 0 Å². The van der Waals surface area contributed by atoms with Crippen molar-refractivity contribution < 1.29 is 0 Å². The lowest BCUT2D eigenvalue weighted by atomic mass is 9.74. The average Bonchev–Trinajstić information content (AvgIpc) is 3.87. The van der Waals surface area contributed by atoms with Crippen molar-refractivity contribution in [2.75, 3.05) is 0 Å². The van der Waals surface area contributed by atoms with Gasteiger partial charge in [0.25, 0.3) is 0 Å². The smallest absolute Gasteiger partial charge is 0.0694 e. The number of rotatable bonds is 6. The molecule has 8 bridgehead atoms. The summed E-state index contributed by atoms with van der Waals surface area (Å²) >= 11 is 0. The predicted molar refractivity (Wildman–Crippen MR) is 215 cm³/mol. The van der Waals surface area contributed by atoms with E-state index in [1.54, 1.807) is 0 Å². The zero-order valence-electron chi connectivity index (χ0n) is 32.4. The van der Waals surface area contributed by atoms with Gasteiger partial charge in [0.1, 0.15) is 0 Å². The van der Waals surface area contributed by atoms with E-state index in [2.05, 4.69) is 121 Å². The first-order valence-corrected chi connectivity index (χ1v) is 20.1. The Morgan fingerprint density at radius 2 is 1.02 bits per heavy atom. The maximum Gasteiger partial charge on any atom is 0.0694 e. The van der Waals surface area contributed by atoms with Gasteiger partial charge in [-0.25, -0.2) is 9.97 Å². The minimum atomic E-state index is 0.327. The Labute approximate surface area is 301 Å². The van der Waals surface area contributed by atoms with E-state index in [4.69, 9.17) is 9.97 Å². The van der Waals surface area contributed by atoms with Gasteiger partial charge in [0.2, 0.25) is 0 Å². The van der Waals surface area contributed by atoms with Gasteiger partial charge in [-0.1, -0.05) is 68.2 Å². The van der Waals surface area contributed by atoms with Crippen LogP contribution >= 0.6 is 0 Å². The lowest BCUT2D eigenvalue weighted by molar-refractivity contribution is 0.258. The SMILES string of the molecule is CC(C)c1c2nc(c(C3CCC(C(C)C)CC3)c3nc(c(C4CCCC(C(C)C)CC4)c4ccc(c(C(C)C)c5ccc1[nH]5)n4C)C=C3)C=C2. The van der Waals surface area contributed by atoms with E-state index in [0.717, 1.165) is 40.8 Å². The van der Waals surface area contributed by atoms with Crippen LogP contribution in [0.5, 0.6) is 0 Å². The lowest BCUT2D eigenvalue weighted by Crippen LogP contribution is -2.18. The first kappa shape index (κ1) is 35.0. The van der Waals surface area contributed by atoms with Crippen molar-refractivity contribution >= 4 is 46.4 Å². The second-order valence-corrected chi connectivity index (χ2v) is 17.4. The minimum Gasteiger partial charge on any atom is -0.355 e. The van der Waals surface area contributed by atoms with Crippen LogP contribution in [0.3, 0.4) is 0 Å². The van der Waals surface area contributed by atoms with Crippen LogP contribution in [0.25, 0.3) is 46.4 Å². The van der Waals surface area contributed by atoms with Gasteiger partial charge in [-0.15, -0.1) is 0 Å². The first-order chi connectivity index (χ1) is 24.0. The molecule has 7 rings (SSSR count). The number of hydrogen-bond acceptors (Lipinski definition) is 2. The number of fused-ring (bicyclic) bond motifs is 8. The molecule has 2 saturated carbocycles. The molecule has 0 spiro atoms. The summed E-state index contributed by atoms with van der Waals surface area (Å²) in [4.78, 5) is 15.1. The Hall–Kier alpha value is -3.40. The van der Waals surface area contributed by atoms with Gasteiger partial charge in [0.15, 0.2) is 0 Å². The van der Waals surface area contributed by atoms with Gasteiger partial charge in [-0.05, 0) is 141 Å². The topological polar surface area (TPSA) is 46.5 Å². The summed E-state index contributed by atoms with van der Waals surface area (Å²) in [7, 11) is 2.29. The molecule has 1 N–H and O–H groups in total. The molecule has 4 heteroatoms. The summed E-state index contributed by atoms with van der Waals surface area (Å²) in [6, 6.07) is 9.38. The summed E-state index contributed by atoms with van der Waals surface area (Å²) in [6.45, 7) is 18.9. The third-order valence-electron chi connectivity index (χ3n) is 13.0. The van der Waals surface area contributed by atoms with Crippen LogP contribution < -0.4 is 0 Å². The highest BCUT2D eigenvalue weighted by molar-refractivity contribution is 5.84. The largest absolute Gasteiger partial charge is 0.355 e. The fourth-order valence-electron chi connectivity index (χ4n) is 10.0. The lowest BCUT2D eigenvalue weighted by Gasteiger charge is -2.31. The van der Waals surface area contributed by atoms with Gasteiger partial charge >= 0.3 is 0 Å². The number of nitrogens with zero attached hydrogens (tertiary/aromatic N) is 3. The molecule has 50 heavy (non-hydrogen) atoms. The molecule has 3 aromatic rings. The molecule has 4 nitrogen and oxygen atoms in total. The molecule has 3 aromatic heterocycles. The molecule has 266 valence electrons. The maximum absolute atomic E-state index is 5.67. The molecule has 0 aromatic carbocycles. The molecule has 0 saturated heterocycles. The normalized spacial score (nSPS) is 22.7.